The fraction of sp³-hybridized carbons (Fsp3) is 0.190. The number of ether oxygens (including phenoxy) is 3. The summed E-state index contributed by atoms with van der Waals surface area (Å²) in [7, 11) is 4.91. The van der Waals surface area contributed by atoms with Crippen LogP contribution in [0, 0.1) is 0 Å². The van der Waals surface area contributed by atoms with E-state index in [9.17, 15) is 0 Å². The van der Waals surface area contributed by atoms with E-state index in [4.69, 9.17) is 14.2 Å². The summed E-state index contributed by atoms with van der Waals surface area (Å²) < 4.78 is 17.8. The van der Waals surface area contributed by atoms with Gasteiger partial charge in [-0.1, -0.05) is 35.6 Å². The Bertz CT molecular complexity index is 1170. The van der Waals surface area contributed by atoms with E-state index in [1.165, 1.54) is 11.3 Å². The summed E-state index contributed by atoms with van der Waals surface area (Å²) >= 11 is 1.48. The van der Waals surface area contributed by atoms with Crippen LogP contribution in [-0.4, -0.2) is 41.1 Å². The highest BCUT2D eigenvalue weighted by Gasteiger charge is 2.13. The van der Waals surface area contributed by atoms with Crippen LogP contribution in [0.25, 0.3) is 17.1 Å². The Morgan fingerprint density at radius 3 is 2.48 bits per heavy atom. The van der Waals surface area contributed by atoms with E-state index in [0.717, 1.165) is 32.7 Å². The molecule has 0 N–H and O–H groups in total. The molecule has 0 fully saturated rings. The molecule has 0 bridgehead atoms. The van der Waals surface area contributed by atoms with Crippen molar-refractivity contribution in [1.82, 2.24) is 19.8 Å². The van der Waals surface area contributed by atoms with Crippen LogP contribution < -0.4 is 14.2 Å². The minimum Gasteiger partial charge on any atom is -0.496 e. The van der Waals surface area contributed by atoms with E-state index in [0.29, 0.717) is 17.9 Å². The maximum Gasteiger partial charge on any atom is 0.234 e. The zero-order valence-electron chi connectivity index (χ0n) is 16.3. The van der Waals surface area contributed by atoms with E-state index < -0.39 is 0 Å². The van der Waals surface area contributed by atoms with Gasteiger partial charge >= 0.3 is 0 Å². The Morgan fingerprint density at radius 1 is 0.897 bits per heavy atom. The van der Waals surface area contributed by atoms with Gasteiger partial charge < -0.3 is 14.2 Å². The number of aromatic nitrogens is 4. The van der Waals surface area contributed by atoms with Gasteiger partial charge in [0, 0.05) is 12.0 Å². The minimum absolute atomic E-state index is 0.584. The van der Waals surface area contributed by atoms with Crippen LogP contribution in [0.15, 0.2) is 42.5 Å². The third-order valence-electron chi connectivity index (χ3n) is 4.43. The molecule has 7 nitrogen and oxygen atoms in total. The second kappa shape index (κ2) is 8.32. The van der Waals surface area contributed by atoms with E-state index >= 15 is 0 Å². The lowest BCUT2D eigenvalue weighted by molar-refractivity contribution is 0.354. The standard InChI is InChI=1S/C21H20N4O3S/c1-26-16-7-5-4-6-15(16)9-11-20-24-25-19(22-23-21(25)29-20)13-14-8-10-17(27-2)18(12-14)28-3/h4-12H,13H2,1-3H3/b11-9-. The van der Waals surface area contributed by atoms with Crippen molar-refractivity contribution < 1.29 is 14.2 Å². The molecule has 0 spiro atoms. The molecule has 0 saturated heterocycles. The van der Waals surface area contributed by atoms with Gasteiger partial charge in [0.25, 0.3) is 0 Å². The zero-order chi connectivity index (χ0) is 20.2. The summed E-state index contributed by atoms with van der Waals surface area (Å²) in [6.45, 7) is 0. The lowest BCUT2D eigenvalue weighted by Crippen LogP contribution is -1.99. The first-order valence-electron chi connectivity index (χ1n) is 8.95. The lowest BCUT2D eigenvalue weighted by Gasteiger charge is -2.08. The highest BCUT2D eigenvalue weighted by molar-refractivity contribution is 7.17. The normalized spacial score (nSPS) is 11.3. The number of hydrogen-bond donors (Lipinski definition) is 0. The summed E-state index contributed by atoms with van der Waals surface area (Å²) in [5.74, 6) is 2.96. The van der Waals surface area contributed by atoms with Crippen molar-refractivity contribution in [2.24, 2.45) is 0 Å². The Labute approximate surface area is 172 Å². The number of rotatable bonds is 7. The van der Waals surface area contributed by atoms with Crippen LogP contribution >= 0.6 is 11.3 Å². The Hall–Kier alpha value is -3.39. The molecular formula is C21H20N4O3S. The predicted octanol–water partition coefficient (Wildman–Crippen LogP) is 3.97. The number of benzene rings is 2. The van der Waals surface area contributed by atoms with Gasteiger partial charge in [-0.2, -0.15) is 9.61 Å². The first-order valence-corrected chi connectivity index (χ1v) is 9.76. The van der Waals surface area contributed by atoms with Crippen LogP contribution in [-0.2, 0) is 6.42 Å². The first-order chi connectivity index (χ1) is 14.2. The van der Waals surface area contributed by atoms with Gasteiger partial charge in [0.2, 0.25) is 4.96 Å². The van der Waals surface area contributed by atoms with Gasteiger partial charge in [0.15, 0.2) is 17.3 Å². The Balaban J connectivity index is 1.59. The van der Waals surface area contributed by atoms with Gasteiger partial charge in [0.05, 0.1) is 21.3 Å². The molecule has 4 rings (SSSR count). The number of hydrogen-bond acceptors (Lipinski definition) is 7. The van der Waals surface area contributed by atoms with Gasteiger partial charge in [-0.05, 0) is 35.9 Å². The molecule has 0 aliphatic rings. The lowest BCUT2D eigenvalue weighted by atomic mass is 10.1. The highest BCUT2D eigenvalue weighted by Crippen LogP contribution is 2.28. The first kappa shape index (κ1) is 18.9. The molecule has 0 aliphatic carbocycles. The van der Waals surface area contributed by atoms with Crippen molar-refractivity contribution in [3.63, 3.8) is 0 Å². The van der Waals surface area contributed by atoms with Gasteiger partial charge in [-0.3, -0.25) is 0 Å². The van der Waals surface area contributed by atoms with Crippen LogP contribution in [0.5, 0.6) is 17.2 Å². The molecular weight excluding hydrogens is 388 g/mol. The molecule has 0 atom stereocenters. The molecule has 4 aromatic rings. The van der Waals surface area contributed by atoms with Gasteiger partial charge in [0.1, 0.15) is 10.8 Å². The Kier molecular flexibility index (Phi) is 5.44. The summed E-state index contributed by atoms with van der Waals surface area (Å²) in [5.41, 5.74) is 2.03. The number of nitrogens with zero attached hydrogens (tertiary/aromatic N) is 4. The van der Waals surface area contributed by atoms with E-state index in [1.807, 2.05) is 54.6 Å². The molecule has 2 aromatic heterocycles. The molecule has 0 unspecified atom stereocenters. The topological polar surface area (TPSA) is 70.8 Å². The van der Waals surface area contributed by atoms with Crippen molar-refractivity contribution in [2.45, 2.75) is 6.42 Å². The maximum atomic E-state index is 5.38. The largest absolute Gasteiger partial charge is 0.496 e. The molecule has 0 amide bonds. The van der Waals surface area contributed by atoms with Gasteiger partial charge in [-0.25, -0.2) is 0 Å². The zero-order valence-corrected chi connectivity index (χ0v) is 17.1. The molecule has 148 valence electrons. The van der Waals surface area contributed by atoms with Crippen LogP contribution in [0.3, 0.4) is 0 Å². The second-order valence-corrected chi connectivity index (χ2v) is 7.18. The fourth-order valence-electron chi connectivity index (χ4n) is 2.99. The molecule has 2 heterocycles. The van der Waals surface area contributed by atoms with Crippen molar-refractivity contribution in [3.05, 3.63) is 64.4 Å². The SMILES string of the molecule is COc1ccccc1/C=C\c1nn2c(Cc3ccc(OC)c(OC)c3)nnc2s1. The molecule has 29 heavy (non-hydrogen) atoms. The Morgan fingerprint density at radius 2 is 1.69 bits per heavy atom. The summed E-state index contributed by atoms with van der Waals surface area (Å²) in [4.78, 5) is 0.750. The maximum absolute atomic E-state index is 5.38. The average Bonchev–Trinajstić information content (AvgIpc) is 3.33. The van der Waals surface area contributed by atoms with Crippen LogP contribution in [0.1, 0.15) is 22.0 Å². The quantitative estimate of drug-likeness (QED) is 0.461. The predicted molar refractivity (Wildman–Crippen MR) is 113 cm³/mol. The average molecular weight is 408 g/mol. The summed E-state index contributed by atoms with van der Waals surface area (Å²) in [5, 5.41) is 14.0. The molecule has 0 aliphatic heterocycles. The monoisotopic (exact) mass is 408 g/mol. The van der Waals surface area contributed by atoms with Crippen molar-refractivity contribution in [2.75, 3.05) is 21.3 Å². The highest BCUT2D eigenvalue weighted by atomic mass is 32.1. The second-order valence-electron chi connectivity index (χ2n) is 6.19. The fourth-order valence-corrected chi connectivity index (χ4v) is 3.75. The summed E-state index contributed by atoms with van der Waals surface area (Å²) in [6, 6.07) is 13.7. The number of methoxy groups -OCH3 is 3. The number of fused-ring (bicyclic) bond motifs is 1. The van der Waals surface area contributed by atoms with Crippen molar-refractivity contribution >= 4 is 28.4 Å². The minimum atomic E-state index is 0.584. The molecule has 0 radical (unpaired) electrons. The molecule has 8 heteroatoms. The van der Waals surface area contributed by atoms with Crippen molar-refractivity contribution in [3.8, 4) is 17.2 Å². The third kappa shape index (κ3) is 3.93. The van der Waals surface area contributed by atoms with Crippen LogP contribution in [0.2, 0.25) is 0 Å². The number of para-hydroxylation sites is 1. The van der Waals surface area contributed by atoms with E-state index in [-0.39, 0.29) is 0 Å². The summed E-state index contributed by atoms with van der Waals surface area (Å²) in [6.07, 6.45) is 4.52. The van der Waals surface area contributed by atoms with E-state index in [2.05, 4.69) is 15.3 Å². The van der Waals surface area contributed by atoms with Crippen molar-refractivity contribution in [1.29, 1.82) is 0 Å². The smallest absolute Gasteiger partial charge is 0.234 e. The third-order valence-corrected chi connectivity index (χ3v) is 5.29. The molecule has 0 saturated carbocycles. The molecule has 2 aromatic carbocycles. The van der Waals surface area contributed by atoms with Crippen LogP contribution in [0.4, 0.5) is 0 Å². The van der Waals surface area contributed by atoms with Gasteiger partial charge in [-0.15, -0.1) is 10.2 Å². The van der Waals surface area contributed by atoms with E-state index in [1.54, 1.807) is 25.8 Å².